The molecule has 0 aromatic heterocycles. The fourth-order valence-corrected chi connectivity index (χ4v) is 4.05. The molecule has 114 valence electrons. The molecule has 1 rings (SSSR count). The van der Waals surface area contributed by atoms with Gasteiger partial charge >= 0.3 is 0 Å². The Labute approximate surface area is 125 Å². The number of hydrogen-bond acceptors (Lipinski definition) is 3. The summed E-state index contributed by atoms with van der Waals surface area (Å²) in [7, 11) is 2.30. The van der Waals surface area contributed by atoms with Gasteiger partial charge in [0.25, 0.3) is 0 Å². The highest BCUT2D eigenvalue weighted by Gasteiger charge is 2.35. The molecule has 3 heteroatoms. The highest BCUT2D eigenvalue weighted by atomic mass is 32.2. The molecule has 0 aromatic carbocycles. The largest absolute Gasteiger partial charge is 0.316 e. The quantitative estimate of drug-likeness (QED) is 0.653. The molecule has 0 aromatic rings. The van der Waals surface area contributed by atoms with Crippen LogP contribution in [0.25, 0.3) is 0 Å². The van der Waals surface area contributed by atoms with Gasteiger partial charge in [-0.3, -0.25) is 0 Å². The third-order valence-corrected chi connectivity index (χ3v) is 4.99. The van der Waals surface area contributed by atoms with Crippen LogP contribution in [-0.2, 0) is 0 Å². The average Bonchev–Trinajstić information content (AvgIpc) is 2.36. The standard InChI is InChI=1S/C16H34N2S/c1-5-9-17-13-16(8-6-7-15(2)12-16)14-18(3)10-11-19-4/h15,17H,5-14H2,1-4H3. The van der Waals surface area contributed by atoms with E-state index in [0.717, 1.165) is 5.92 Å². The van der Waals surface area contributed by atoms with E-state index in [-0.39, 0.29) is 0 Å². The summed E-state index contributed by atoms with van der Waals surface area (Å²) < 4.78 is 0. The van der Waals surface area contributed by atoms with Gasteiger partial charge in [0.1, 0.15) is 0 Å². The van der Waals surface area contributed by atoms with Crippen LogP contribution in [-0.4, -0.2) is 50.1 Å². The van der Waals surface area contributed by atoms with Crippen molar-refractivity contribution in [1.29, 1.82) is 0 Å². The van der Waals surface area contributed by atoms with Crippen LogP contribution in [0.15, 0.2) is 0 Å². The van der Waals surface area contributed by atoms with Gasteiger partial charge < -0.3 is 10.2 Å². The number of nitrogens with one attached hydrogen (secondary N) is 1. The van der Waals surface area contributed by atoms with Crippen LogP contribution in [0.2, 0.25) is 0 Å². The Morgan fingerprint density at radius 2 is 2.21 bits per heavy atom. The maximum atomic E-state index is 3.70. The second kappa shape index (κ2) is 9.25. The first-order valence-corrected chi connectivity index (χ1v) is 9.39. The normalized spacial score (nSPS) is 27.9. The molecule has 1 saturated carbocycles. The third kappa shape index (κ3) is 6.50. The van der Waals surface area contributed by atoms with E-state index in [1.165, 1.54) is 64.0 Å². The first kappa shape index (κ1) is 17.3. The lowest BCUT2D eigenvalue weighted by molar-refractivity contribution is 0.0947. The van der Waals surface area contributed by atoms with Crippen molar-refractivity contribution in [3.63, 3.8) is 0 Å². The first-order chi connectivity index (χ1) is 9.12. The Morgan fingerprint density at radius 1 is 1.42 bits per heavy atom. The summed E-state index contributed by atoms with van der Waals surface area (Å²) in [5.74, 6) is 2.16. The SMILES string of the molecule is CCCNCC1(CN(C)CCSC)CCCC(C)C1. The molecule has 0 radical (unpaired) electrons. The molecular weight excluding hydrogens is 252 g/mol. The lowest BCUT2D eigenvalue weighted by Gasteiger charge is -2.43. The highest BCUT2D eigenvalue weighted by Crippen LogP contribution is 2.39. The van der Waals surface area contributed by atoms with E-state index in [2.05, 4.69) is 37.4 Å². The van der Waals surface area contributed by atoms with Crippen molar-refractivity contribution < 1.29 is 0 Å². The molecule has 0 bridgehead atoms. The average molecular weight is 287 g/mol. The van der Waals surface area contributed by atoms with Crippen LogP contribution >= 0.6 is 11.8 Å². The van der Waals surface area contributed by atoms with Crippen molar-refractivity contribution in [2.24, 2.45) is 11.3 Å². The molecule has 2 unspecified atom stereocenters. The van der Waals surface area contributed by atoms with Gasteiger partial charge in [0.2, 0.25) is 0 Å². The number of nitrogens with zero attached hydrogens (tertiary/aromatic N) is 1. The molecule has 0 saturated heterocycles. The minimum absolute atomic E-state index is 0.528. The second-order valence-electron chi connectivity index (χ2n) is 6.61. The van der Waals surface area contributed by atoms with Gasteiger partial charge in [-0.15, -0.1) is 0 Å². The van der Waals surface area contributed by atoms with E-state index < -0.39 is 0 Å². The van der Waals surface area contributed by atoms with Crippen LogP contribution in [0.3, 0.4) is 0 Å². The lowest BCUT2D eigenvalue weighted by atomic mass is 9.69. The summed E-state index contributed by atoms with van der Waals surface area (Å²) >= 11 is 1.96. The van der Waals surface area contributed by atoms with Gasteiger partial charge in [-0.05, 0) is 50.4 Å². The molecule has 0 amide bonds. The van der Waals surface area contributed by atoms with E-state index in [4.69, 9.17) is 0 Å². The molecule has 1 N–H and O–H groups in total. The molecule has 1 aliphatic carbocycles. The van der Waals surface area contributed by atoms with Gasteiger partial charge in [0, 0.05) is 25.4 Å². The van der Waals surface area contributed by atoms with Crippen molar-refractivity contribution in [2.75, 3.05) is 45.2 Å². The zero-order valence-electron chi connectivity index (χ0n) is 13.5. The van der Waals surface area contributed by atoms with Crippen molar-refractivity contribution in [3.8, 4) is 0 Å². The van der Waals surface area contributed by atoms with Gasteiger partial charge in [-0.25, -0.2) is 0 Å². The Balaban J connectivity index is 2.52. The lowest BCUT2D eigenvalue weighted by Crippen LogP contribution is -2.46. The molecule has 2 atom stereocenters. The van der Waals surface area contributed by atoms with E-state index >= 15 is 0 Å². The van der Waals surface area contributed by atoms with Crippen LogP contribution in [0.4, 0.5) is 0 Å². The third-order valence-electron chi connectivity index (χ3n) is 4.39. The van der Waals surface area contributed by atoms with E-state index in [1.54, 1.807) is 0 Å². The van der Waals surface area contributed by atoms with Crippen LogP contribution < -0.4 is 5.32 Å². The maximum absolute atomic E-state index is 3.70. The maximum Gasteiger partial charge on any atom is 0.00694 e. The van der Waals surface area contributed by atoms with Crippen LogP contribution in [0.1, 0.15) is 46.0 Å². The second-order valence-corrected chi connectivity index (χ2v) is 7.59. The molecular formula is C16H34N2S. The van der Waals surface area contributed by atoms with E-state index in [1.807, 2.05) is 11.8 Å². The topological polar surface area (TPSA) is 15.3 Å². The molecule has 0 aliphatic heterocycles. The fraction of sp³-hybridized carbons (Fsp3) is 1.00. The number of rotatable bonds is 9. The summed E-state index contributed by atoms with van der Waals surface area (Å²) in [6.45, 7) is 9.59. The summed E-state index contributed by atoms with van der Waals surface area (Å²) in [6.07, 6.45) is 9.13. The van der Waals surface area contributed by atoms with Crippen molar-refractivity contribution in [3.05, 3.63) is 0 Å². The van der Waals surface area contributed by atoms with E-state index in [9.17, 15) is 0 Å². The van der Waals surface area contributed by atoms with Crippen molar-refractivity contribution in [2.45, 2.75) is 46.0 Å². The Kier molecular flexibility index (Phi) is 8.43. The summed E-state index contributed by atoms with van der Waals surface area (Å²) in [6, 6.07) is 0. The Bertz CT molecular complexity index is 235. The number of hydrogen-bond donors (Lipinski definition) is 1. The molecule has 1 aliphatic rings. The Morgan fingerprint density at radius 3 is 2.84 bits per heavy atom. The predicted octanol–water partition coefficient (Wildman–Crippen LogP) is 3.48. The Hall–Kier alpha value is 0.270. The van der Waals surface area contributed by atoms with Crippen molar-refractivity contribution >= 4 is 11.8 Å². The van der Waals surface area contributed by atoms with Crippen LogP contribution in [0.5, 0.6) is 0 Å². The van der Waals surface area contributed by atoms with Crippen molar-refractivity contribution in [1.82, 2.24) is 10.2 Å². The molecule has 0 spiro atoms. The first-order valence-electron chi connectivity index (χ1n) is 8.00. The zero-order chi connectivity index (χ0) is 14.1. The predicted molar refractivity (Wildman–Crippen MR) is 89.1 cm³/mol. The summed E-state index contributed by atoms with van der Waals surface area (Å²) in [5.41, 5.74) is 0.528. The molecule has 19 heavy (non-hydrogen) atoms. The van der Waals surface area contributed by atoms with E-state index in [0.29, 0.717) is 5.41 Å². The minimum atomic E-state index is 0.528. The van der Waals surface area contributed by atoms with Gasteiger partial charge in [0.05, 0.1) is 0 Å². The van der Waals surface area contributed by atoms with Gasteiger partial charge in [-0.1, -0.05) is 26.7 Å². The van der Waals surface area contributed by atoms with Crippen LogP contribution in [0, 0.1) is 11.3 Å². The zero-order valence-corrected chi connectivity index (χ0v) is 14.3. The molecule has 1 fully saturated rings. The summed E-state index contributed by atoms with van der Waals surface area (Å²) in [4.78, 5) is 2.56. The van der Waals surface area contributed by atoms with Gasteiger partial charge in [-0.2, -0.15) is 11.8 Å². The minimum Gasteiger partial charge on any atom is -0.316 e. The van der Waals surface area contributed by atoms with Gasteiger partial charge in [0.15, 0.2) is 0 Å². The smallest absolute Gasteiger partial charge is 0.00694 e. The molecule has 2 nitrogen and oxygen atoms in total. The monoisotopic (exact) mass is 286 g/mol. The number of thioether (sulfide) groups is 1. The summed E-state index contributed by atoms with van der Waals surface area (Å²) in [5, 5.41) is 3.70. The fourth-order valence-electron chi connectivity index (χ4n) is 3.56. The molecule has 0 heterocycles. The highest BCUT2D eigenvalue weighted by molar-refractivity contribution is 7.98.